The molecule has 0 aliphatic carbocycles. The van der Waals surface area contributed by atoms with Crippen LogP contribution in [0.2, 0.25) is 0 Å². The van der Waals surface area contributed by atoms with Gasteiger partial charge in [-0.05, 0) is 31.5 Å². The van der Waals surface area contributed by atoms with Crippen molar-refractivity contribution in [2.75, 3.05) is 5.73 Å². The number of nitrogens with one attached hydrogen (secondary N) is 1. The summed E-state index contributed by atoms with van der Waals surface area (Å²) in [5, 5.41) is 0. The molecule has 3 N–H and O–H groups in total. The number of anilines is 1. The maximum Gasteiger partial charge on any atom is 0.137 e. The highest BCUT2D eigenvalue weighted by atomic mass is 79.9. The summed E-state index contributed by atoms with van der Waals surface area (Å²) in [6, 6.07) is 3.92. The summed E-state index contributed by atoms with van der Waals surface area (Å²) in [7, 11) is 0. The molecule has 78 valence electrons. The summed E-state index contributed by atoms with van der Waals surface area (Å²) < 4.78 is 0.967. The Morgan fingerprint density at radius 1 is 1.33 bits per heavy atom. The van der Waals surface area contributed by atoms with Crippen LogP contribution in [0.25, 0.3) is 11.4 Å². The van der Waals surface area contributed by atoms with E-state index >= 15 is 0 Å². The normalized spacial score (nSPS) is 10.6. The molecule has 0 amide bonds. The second-order valence-electron chi connectivity index (χ2n) is 3.58. The van der Waals surface area contributed by atoms with Crippen LogP contribution in [0.15, 0.2) is 22.8 Å². The molecule has 0 radical (unpaired) electrons. The van der Waals surface area contributed by atoms with Crippen LogP contribution in [0.3, 0.4) is 0 Å². The molecule has 0 aliphatic heterocycles. The number of imidazole rings is 1. The number of halogens is 1. The molecule has 0 atom stereocenters. The van der Waals surface area contributed by atoms with E-state index in [-0.39, 0.29) is 0 Å². The number of aromatic nitrogens is 2. The van der Waals surface area contributed by atoms with E-state index in [1.807, 2.05) is 32.2 Å². The predicted octanol–water partition coefficient (Wildman–Crippen LogP) is 3.04. The zero-order valence-corrected chi connectivity index (χ0v) is 10.2. The molecular weight excluding hydrogens is 254 g/mol. The molecule has 0 fully saturated rings. The first-order chi connectivity index (χ1) is 7.08. The van der Waals surface area contributed by atoms with Gasteiger partial charge >= 0.3 is 0 Å². The van der Waals surface area contributed by atoms with Crippen LogP contribution in [-0.4, -0.2) is 9.97 Å². The zero-order valence-electron chi connectivity index (χ0n) is 8.63. The lowest BCUT2D eigenvalue weighted by atomic mass is 10.1. The van der Waals surface area contributed by atoms with Crippen molar-refractivity contribution in [3.05, 3.63) is 34.1 Å². The predicted molar refractivity (Wildman–Crippen MR) is 65.6 cm³/mol. The molecule has 0 aliphatic rings. The molecule has 2 rings (SSSR count). The number of nitrogens with two attached hydrogens (primary N) is 1. The summed E-state index contributed by atoms with van der Waals surface area (Å²) >= 11 is 3.43. The van der Waals surface area contributed by atoms with Crippen LogP contribution >= 0.6 is 15.9 Å². The fraction of sp³-hybridized carbons (Fsp3) is 0.182. The SMILES string of the molecule is Cc1cnc(-c2cc(Br)cc(N)c2C)[nH]1. The number of aromatic amines is 1. The first-order valence-electron chi connectivity index (χ1n) is 4.65. The molecule has 1 aromatic carbocycles. The molecule has 2 aromatic rings. The van der Waals surface area contributed by atoms with Crippen LogP contribution < -0.4 is 5.73 Å². The quantitative estimate of drug-likeness (QED) is 0.779. The summed E-state index contributed by atoms with van der Waals surface area (Å²) in [6.07, 6.45) is 1.81. The Labute approximate surface area is 96.9 Å². The maximum absolute atomic E-state index is 5.89. The summed E-state index contributed by atoms with van der Waals surface area (Å²) in [6.45, 7) is 3.97. The fourth-order valence-electron chi connectivity index (χ4n) is 1.50. The number of nitrogens with zero attached hydrogens (tertiary/aromatic N) is 1. The van der Waals surface area contributed by atoms with Crippen LogP contribution in [0.5, 0.6) is 0 Å². The molecule has 4 heteroatoms. The molecule has 0 spiro atoms. The van der Waals surface area contributed by atoms with E-state index < -0.39 is 0 Å². The van der Waals surface area contributed by atoms with Crippen LogP contribution in [0.1, 0.15) is 11.3 Å². The number of aryl methyl sites for hydroxylation is 1. The molecule has 0 saturated carbocycles. The number of nitrogen functional groups attached to an aromatic ring is 1. The highest BCUT2D eigenvalue weighted by Gasteiger charge is 2.08. The third-order valence-corrected chi connectivity index (χ3v) is 2.83. The summed E-state index contributed by atoms with van der Waals surface area (Å²) in [5.41, 5.74) is 9.80. The van der Waals surface area contributed by atoms with Gasteiger partial charge in [-0.25, -0.2) is 4.98 Å². The van der Waals surface area contributed by atoms with Gasteiger partial charge in [0.15, 0.2) is 0 Å². The van der Waals surface area contributed by atoms with Crippen LogP contribution in [-0.2, 0) is 0 Å². The number of H-pyrrole nitrogens is 1. The topological polar surface area (TPSA) is 54.7 Å². The minimum atomic E-state index is 0.772. The van der Waals surface area contributed by atoms with Crippen LogP contribution in [0.4, 0.5) is 5.69 Å². The molecular formula is C11H12BrN3. The van der Waals surface area contributed by atoms with Gasteiger partial charge in [0.25, 0.3) is 0 Å². The Morgan fingerprint density at radius 3 is 2.67 bits per heavy atom. The molecule has 3 nitrogen and oxygen atoms in total. The molecule has 1 heterocycles. The highest BCUT2D eigenvalue weighted by Crippen LogP contribution is 2.29. The van der Waals surface area contributed by atoms with Crippen molar-refractivity contribution in [1.82, 2.24) is 9.97 Å². The van der Waals surface area contributed by atoms with Crippen molar-refractivity contribution in [2.24, 2.45) is 0 Å². The maximum atomic E-state index is 5.89. The van der Waals surface area contributed by atoms with Gasteiger partial charge in [-0.2, -0.15) is 0 Å². The average molecular weight is 266 g/mol. The Bertz CT molecular complexity index is 503. The third-order valence-electron chi connectivity index (χ3n) is 2.37. The van der Waals surface area contributed by atoms with E-state index in [0.717, 1.165) is 32.8 Å². The van der Waals surface area contributed by atoms with E-state index in [0.29, 0.717) is 0 Å². The molecule has 0 saturated heterocycles. The number of rotatable bonds is 1. The average Bonchev–Trinajstić information content (AvgIpc) is 2.58. The van der Waals surface area contributed by atoms with Gasteiger partial charge in [0.1, 0.15) is 5.82 Å². The Balaban J connectivity index is 2.62. The van der Waals surface area contributed by atoms with Gasteiger partial charge < -0.3 is 10.7 Å². The largest absolute Gasteiger partial charge is 0.398 e. The Hall–Kier alpha value is -1.29. The molecule has 1 aromatic heterocycles. The van der Waals surface area contributed by atoms with Crippen molar-refractivity contribution >= 4 is 21.6 Å². The van der Waals surface area contributed by atoms with E-state index in [9.17, 15) is 0 Å². The van der Waals surface area contributed by atoms with Gasteiger partial charge in [0.05, 0.1) is 0 Å². The second kappa shape index (κ2) is 3.70. The zero-order chi connectivity index (χ0) is 11.0. The first-order valence-corrected chi connectivity index (χ1v) is 5.45. The van der Waals surface area contributed by atoms with Gasteiger partial charge in [-0.3, -0.25) is 0 Å². The van der Waals surface area contributed by atoms with Gasteiger partial charge in [-0.1, -0.05) is 15.9 Å². The number of hydrogen-bond donors (Lipinski definition) is 2. The standard InChI is InChI=1S/C11H12BrN3/c1-6-5-14-11(15-6)9-3-8(12)4-10(13)7(9)2/h3-5H,13H2,1-2H3,(H,14,15). The van der Waals surface area contributed by atoms with Crippen molar-refractivity contribution in [3.8, 4) is 11.4 Å². The monoisotopic (exact) mass is 265 g/mol. The van der Waals surface area contributed by atoms with Crippen molar-refractivity contribution < 1.29 is 0 Å². The first kappa shape index (κ1) is 10.2. The Morgan fingerprint density at radius 2 is 2.07 bits per heavy atom. The van der Waals surface area contributed by atoms with E-state index in [4.69, 9.17) is 5.73 Å². The summed E-state index contributed by atoms with van der Waals surface area (Å²) in [4.78, 5) is 7.50. The lowest BCUT2D eigenvalue weighted by Crippen LogP contribution is -1.94. The number of hydrogen-bond acceptors (Lipinski definition) is 2. The van der Waals surface area contributed by atoms with Crippen LogP contribution in [0, 0.1) is 13.8 Å². The van der Waals surface area contributed by atoms with Gasteiger partial charge in [0, 0.05) is 27.6 Å². The molecule has 0 bridgehead atoms. The van der Waals surface area contributed by atoms with E-state index in [1.165, 1.54) is 0 Å². The Kier molecular flexibility index (Phi) is 2.52. The molecule has 15 heavy (non-hydrogen) atoms. The van der Waals surface area contributed by atoms with Crippen molar-refractivity contribution in [2.45, 2.75) is 13.8 Å². The second-order valence-corrected chi connectivity index (χ2v) is 4.50. The minimum Gasteiger partial charge on any atom is -0.398 e. The van der Waals surface area contributed by atoms with Gasteiger partial charge in [0.2, 0.25) is 0 Å². The lowest BCUT2D eigenvalue weighted by Gasteiger charge is -2.07. The van der Waals surface area contributed by atoms with Crippen molar-refractivity contribution in [3.63, 3.8) is 0 Å². The summed E-state index contributed by atoms with van der Waals surface area (Å²) in [5.74, 6) is 0.859. The smallest absolute Gasteiger partial charge is 0.137 e. The van der Waals surface area contributed by atoms with Crippen molar-refractivity contribution in [1.29, 1.82) is 0 Å². The fourth-order valence-corrected chi connectivity index (χ4v) is 1.97. The van der Waals surface area contributed by atoms with E-state index in [2.05, 4.69) is 25.9 Å². The lowest BCUT2D eigenvalue weighted by molar-refractivity contribution is 1.24. The van der Waals surface area contributed by atoms with E-state index in [1.54, 1.807) is 0 Å². The highest BCUT2D eigenvalue weighted by molar-refractivity contribution is 9.10. The third kappa shape index (κ3) is 1.90. The number of benzene rings is 1. The minimum absolute atomic E-state index is 0.772. The molecule has 0 unspecified atom stereocenters. The van der Waals surface area contributed by atoms with Gasteiger partial charge in [-0.15, -0.1) is 0 Å².